The number of hydrogen-bond donors (Lipinski definition) is 0. The number of nitrogens with zero attached hydrogens (tertiary/aromatic N) is 6. The van der Waals surface area contributed by atoms with Gasteiger partial charge in [0.25, 0.3) is 0 Å². The lowest BCUT2D eigenvalue weighted by Gasteiger charge is -2.41. The van der Waals surface area contributed by atoms with E-state index in [0.29, 0.717) is 42.0 Å². The third-order valence-corrected chi connectivity index (χ3v) is 7.86. The third-order valence-electron chi connectivity index (χ3n) is 7.57. The molecule has 1 aromatic carbocycles. The van der Waals surface area contributed by atoms with E-state index in [2.05, 4.69) is 15.0 Å². The minimum Gasteiger partial charge on any atom is -0.444 e. The number of rotatable bonds is 4. The molecule has 1 amide bonds. The number of piperazine rings is 1. The standard InChI is InChI=1S/C32H34ClF3N6O3/c1-16(2)25-27(17(3)10-11-37-25)42-29-20(14-21(33)26(38-29)19-8-9-22(34)24(36)23(19)35)28(39-30(42)43)41-13-12-40(15-18(41)4)31(44)45-32(5,6)7/h8-11,14,16,18H,12-13,15H2,1-7H3. The van der Waals surface area contributed by atoms with Gasteiger partial charge in [0.05, 0.1) is 27.5 Å². The molecule has 0 N–H and O–H groups in total. The Morgan fingerprint density at radius 3 is 2.44 bits per heavy atom. The molecule has 1 aliphatic rings. The van der Waals surface area contributed by atoms with E-state index in [9.17, 15) is 18.4 Å². The molecule has 5 rings (SSSR count). The first-order valence-electron chi connectivity index (χ1n) is 14.6. The van der Waals surface area contributed by atoms with Crippen LogP contribution in [0.4, 0.5) is 23.8 Å². The SMILES string of the molecule is Cc1ccnc(C(C)C)c1-n1c(=O)nc(N2CCN(C(=O)OC(C)(C)C)CC2C)c2cc(Cl)c(-c3ccc(F)c(F)c3F)nc21. The van der Waals surface area contributed by atoms with Crippen LogP contribution in [0.25, 0.3) is 28.0 Å². The summed E-state index contributed by atoms with van der Waals surface area (Å²) in [6, 6.07) is 4.77. The van der Waals surface area contributed by atoms with Crippen LogP contribution in [0, 0.1) is 24.4 Å². The molecule has 0 bridgehead atoms. The van der Waals surface area contributed by atoms with Crippen LogP contribution in [-0.2, 0) is 4.74 Å². The van der Waals surface area contributed by atoms with Gasteiger partial charge in [-0.2, -0.15) is 4.98 Å². The quantitative estimate of drug-likeness (QED) is 0.226. The lowest BCUT2D eigenvalue weighted by molar-refractivity contribution is 0.0218. The first-order valence-corrected chi connectivity index (χ1v) is 14.9. The van der Waals surface area contributed by atoms with Crippen molar-refractivity contribution in [1.82, 2.24) is 24.4 Å². The lowest BCUT2D eigenvalue weighted by Crippen LogP contribution is -2.55. The highest BCUT2D eigenvalue weighted by molar-refractivity contribution is 6.33. The normalized spacial score (nSPS) is 15.7. The van der Waals surface area contributed by atoms with Gasteiger partial charge in [0.15, 0.2) is 23.1 Å². The summed E-state index contributed by atoms with van der Waals surface area (Å²) in [6.45, 7) is 13.8. The second kappa shape index (κ2) is 12.0. The molecule has 45 heavy (non-hydrogen) atoms. The van der Waals surface area contributed by atoms with Crippen LogP contribution in [-0.4, -0.2) is 61.8 Å². The van der Waals surface area contributed by atoms with Crippen molar-refractivity contribution >= 4 is 34.5 Å². The zero-order chi connectivity index (χ0) is 33.0. The summed E-state index contributed by atoms with van der Waals surface area (Å²) < 4.78 is 50.0. The number of benzene rings is 1. The fraction of sp³-hybridized carbons (Fsp3) is 0.406. The van der Waals surface area contributed by atoms with Gasteiger partial charge < -0.3 is 14.5 Å². The van der Waals surface area contributed by atoms with E-state index >= 15 is 4.39 Å². The van der Waals surface area contributed by atoms with E-state index in [-0.39, 0.29) is 39.7 Å². The molecule has 1 unspecified atom stereocenters. The highest BCUT2D eigenvalue weighted by Crippen LogP contribution is 2.37. The fourth-order valence-corrected chi connectivity index (χ4v) is 5.73. The Kier molecular flexibility index (Phi) is 8.56. The average molecular weight is 643 g/mol. The highest BCUT2D eigenvalue weighted by atomic mass is 35.5. The molecule has 4 aromatic rings. The number of hydrogen-bond acceptors (Lipinski definition) is 7. The molecule has 4 heterocycles. The van der Waals surface area contributed by atoms with Crippen LogP contribution in [0.3, 0.4) is 0 Å². The second-order valence-corrected chi connectivity index (χ2v) is 12.9. The molecule has 238 valence electrons. The van der Waals surface area contributed by atoms with Crippen molar-refractivity contribution in [1.29, 1.82) is 0 Å². The summed E-state index contributed by atoms with van der Waals surface area (Å²) in [5, 5.41) is 0.301. The monoisotopic (exact) mass is 642 g/mol. The van der Waals surface area contributed by atoms with Gasteiger partial charge in [-0.3, -0.25) is 4.98 Å². The topological polar surface area (TPSA) is 93.5 Å². The summed E-state index contributed by atoms with van der Waals surface area (Å²) in [5.41, 5.74) is -0.0434. The second-order valence-electron chi connectivity index (χ2n) is 12.5. The van der Waals surface area contributed by atoms with E-state index in [1.807, 2.05) is 32.6 Å². The van der Waals surface area contributed by atoms with Crippen LogP contribution >= 0.6 is 11.6 Å². The summed E-state index contributed by atoms with van der Waals surface area (Å²) >= 11 is 6.67. The molecule has 0 spiro atoms. The Morgan fingerprint density at radius 1 is 1.09 bits per heavy atom. The smallest absolute Gasteiger partial charge is 0.410 e. The maximum Gasteiger partial charge on any atom is 0.410 e. The Bertz CT molecular complexity index is 1870. The number of ether oxygens (including phenoxy) is 1. The molecular weight excluding hydrogens is 609 g/mol. The number of fused-ring (bicyclic) bond motifs is 1. The van der Waals surface area contributed by atoms with Crippen LogP contribution in [0.2, 0.25) is 5.02 Å². The van der Waals surface area contributed by atoms with E-state index in [4.69, 9.17) is 16.3 Å². The average Bonchev–Trinajstić information content (AvgIpc) is 2.95. The number of halogens is 4. The predicted octanol–water partition coefficient (Wildman–Crippen LogP) is 6.79. The minimum absolute atomic E-state index is 0.0623. The van der Waals surface area contributed by atoms with Gasteiger partial charge in [-0.25, -0.2) is 32.3 Å². The Morgan fingerprint density at radius 2 is 1.80 bits per heavy atom. The summed E-state index contributed by atoms with van der Waals surface area (Å²) in [5.74, 6) is -4.32. The van der Waals surface area contributed by atoms with Gasteiger partial charge in [-0.05, 0) is 70.4 Å². The van der Waals surface area contributed by atoms with Crippen LogP contribution in [0.1, 0.15) is 58.7 Å². The number of carbonyl (C=O) groups excluding carboxylic acids is 1. The molecule has 0 radical (unpaired) electrons. The molecule has 1 atom stereocenters. The zero-order valence-corrected chi connectivity index (χ0v) is 26.8. The summed E-state index contributed by atoms with van der Waals surface area (Å²) in [7, 11) is 0. The maximum absolute atomic E-state index is 15.0. The van der Waals surface area contributed by atoms with Crippen molar-refractivity contribution < 1.29 is 22.7 Å². The maximum atomic E-state index is 15.0. The van der Waals surface area contributed by atoms with Crippen LogP contribution in [0.15, 0.2) is 35.3 Å². The molecule has 13 heteroatoms. The highest BCUT2D eigenvalue weighted by Gasteiger charge is 2.33. The van der Waals surface area contributed by atoms with E-state index in [1.165, 1.54) is 10.6 Å². The first-order chi connectivity index (χ1) is 21.1. The molecule has 1 aliphatic heterocycles. The molecule has 0 saturated carbocycles. The number of anilines is 1. The zero-order valence-electron chi connectivity index (χ0n) is 26.1. The largest absolute Gasteiger partial charge is 0.444 e. The van der Waals surface area contributed by atoms with Gasteiger partial charge in [0, 0.05) is 37.4 Å². The predicted molar refractivity (Wildman–Crippen MR) is 167 cm³/mol. The number of carbonyl (C=O) groups is 1. The van der Waals surface area contributed by atoms with E-state index < -0.39 is 34.8 Å². The van der Waals surface area contributed by atoms with Crippen molar-refractivity contribution in [2.75, 3.05) is 24.5 Å². The van der Waals surface area contributed by atoms with Crippen LogP contribution in [0.5, 0.6) is 0 Å². The molecule has 1 saturated heterocycles. The van der Waals surface area contributed by atoms with E-state index in [1.54, 1.807) is 37.9 Å². The molecule has 9 nitrogen and oxygen atoms in total. The van der Waals surface area contributed by atoms with Gasteiger partial charge in [-0.15, -0.1) is 0 Å². The Balaban J connectivity index is 1.74. The van der Waals surface area contributed by atoms with Crippen molar-refractivity contribution in [3.8, 4) is 16.9 Å². The number of pyridine rings is 2. The Hall–Kier alpha value is -4.19. The van der Waals surface area contributed by atoms with Crippen molar-refractivity contribution in [2.45, 2.75) is 66.0 Å². The van der Waals surface area contributed by atoms with Gasteiger partial charge in [0.1, 0.15) is 11.4 Å². The molecule has 1 fully saturated rings. The van der Waals surface area contributed by atoms with Gasteiger partial charge in [-0.1, -0.05) is 25.4 Å². The van der Waals surface area contributed by atoms with Gasteiger partial charge in [0.2, 0.25) is 0 Å². The van der Waals surface area contributed by atoms with E-state index in [0.717, 1.165) is 12.1 Å². The van der Waals surface area contributed by atoms with Crippen molar-refractivity contribution in [3.63, 3.8) is 0 Å². The van der Waals surface area contributed by atoms with Gasteiger partial charge >= 0.3 is 11.8 Å². The van der Waals surface area contributed by atoms with Crippen molar-refractivity contribution in [2.24, 2.45) is 0 Å². The fourth-order valence-electron chi connectivity index (χ4n) is 5.47. The molecule has 3 aromatic heterocycles. The number of aromatic nitrogens is 4. The molecular formula is C32H34ClF3N6O3. The lowest BCUT2D eigenvalue weighted by atomic mass is 10.0. The minimum atomic E-state index is -1.67. The number of aryl methyl sites for hydroxylation is 1. The van der Waals surface area contributed by atoms with Crippen molar-refractivity contribution in [3.05, 3.63) is 74.7 Å². The summed E-state index contributed by atoms with van der Waals surface area (Å²) in [6.07, 6.45) is 1.19. The molecule has 0 aliphatic carbocycles. The number of amides is 1. The van der Waals surface area contributed by atoms with Crippen LogP contribution < -0.4 is 10.6 Å². The first kappa shape index (κ1) is 32.2. The summed E-state index contributed by atoms with van der Waals surface area (Å²) in [4.78, 5) is 43.9. The Labute approximate surface area is 263 Å². The third kappa shape index (κ3) is 6.07.